The fourth-order valence-electron chi connectivity index (χ4n) is 2.51. The molecule has 1 aromatic carbocycles. The van der Waals surface area contributed by atoms with Crippen LogP contribution in [-0.2, 0) is 6.54 Å². The molecule has 0 amide bonds. The molecule has 0 spiro atoms. The molecule has 2 nitrogen and oxygen atoms in total. The number of aryl methyl sites for hydroxylation is 1. The number of nitrogens with zero attached hydrogens (tertiary/aromatic N) is 1. The van der Waals surface area contributed by atoms with E-state index in [0.29, 0.717) is 6.04 Å². The van der Waals surface area contributed by atoms with Crippen molar-refractivity contribution in [1.29, 1.82) is 0 Å². The van der Waals surface area contributed by atoms with Gasteiger partial charge in [0, 0.05) is 25.2 Å². The zero-order chi connectivity index (χ0) is 13.7. The summed E-state index contributed by atoms with van der Waals surface area (Å²) in [6, 6.07) is 10.4. The fourth-order valence-corrected chi connectivity index (χ4v) is 2.51. The zero-order valence-corrected chi connectivity index (χ0v) is 12.7. The molecule has 2 rings (SSSR count). The predicted octanol–water partition coefficient (Wildman–Crippen LogP) is 3.35. The van der Waals surface area contributed by atoms with Crippen LogP contribution in [0.2, 0.25) is 0 Å². The molecule has 1 aliphatic rings. The van der Waals surface area contributed by atoms with Gasteiger partial charge in [-0.2, -0.15) is 0 Å². The minimum absolute atomic E-state index is 0.659. The molecular formula is C17H28N2. The molecule has 0 bridgehead atoms. The van der Waals surface area contributed by atoms with Crippen LogP contribution in [0.3, 0.4) is 0 Å². The van der Waals surface area contributed by atoms with E-state index in [1.807, 2.05) is 0 Å². The Kier molecular flexibility index (Phi) is 5.41. The van der Waals surface area contributed by atoms with Crippen molar-refractivity contribution in [2.24, 2.45) is 0 Å². The smallest absolute Gasteiger partial charge is 0.0234 e. The Balaban J connectivity index is 1.85. The van der Waals surface area contributed by atoms with Crippen LogP contribution in [0, 0.1) is 6.92 Å². The average molecular weight is 260 g/mol. The molecule has 1 N–H and O–H groups in total. The highest BCUT2D eigenvalue weighted by Gasteiger charge is 2.23. The number of nitrogens with one attached hydrogen (secondary N) is 1. The molecule has 1 saturated carbocycles. The summed E-state index contributed by atoms with van der Waals surface area (Å²) < 4.78 is 0. The minimum atomic E-state index is 0.659. The van der Waals surface area contributed by atoms with Gasteiger partial charge in [-0.15, -0.1) is 0 Å². The molecule has 19 heavy (non-hydrogen) atoms. The van der Waals surface area contributed by atoms with Gasteiger partial charge < -0.3 is 5.32 Å². The third kappa shape index (κ3) is 4.96. The first-order valence-corrected chi connectivity index (χ1v) is 7.68. The largest absolute Gasteiger partial charge is 0.312 e. The van der Waals surface area contributed by atoms with Crippen molar-refractivity contribution in [3.8, 4) is 0 Å². The standard InChI is InChI=1S/C17H28N2/c1-4-5-17(12-18-16-10-11-16)19(3)13-15-8-6-14(2)7-9-15/h6-9,16-18H,4-5,10-13H2,1-3H3. The molecule has 1 unspecified atom stereocenters. The second-order valence-electron chi connectivity index (χ2n) is 6.03. The van der Waals surface area contributed by atoms with E-state index in [1.165, 1.54) is 36.8 Å². The van der Waals surface area contributed by atoms with E-state index in [-0.39, 0.29) is 0 Å². The number of hydrogen-bond donors (Lipinski definition) is 1. The second-order valence-corrected chi connectivity index (χ2v) is 6.03. The molecular weight excluding hydrogens is 232 g/mol. The lowest BCUT2D eigenvalue weighted by molar-refractivity contribution is 0.214. The molecule has 0 aromatic heterocycles. The SMILES string of the molecule is CCCC(CNC1CC1)N(C)Cc1ccc(C)cc1. The number of likely N-dealkylation sites (N-methyl/N-ethyl adjacent to an activating group) is 1. The van der Waals surface area contributed by atoms with E-state index in [4.69, 9.17) is 0 Å². The quantitative estimate of drug-likeness (QED) is 0.771. The van der Waals surface area contributed by atoms with E-state index in [1.54, 1.807) is 0 Å². The summed E-state index contributed by atoms with van der Waals surface area (Å²) in [4.78, 5) is 2.50. The second kappa shape index (κ2) is 7.06. The van der Waals surface area contributed by atoms with Gasteiger partial charge in [0.15, 0.2) is 0 Å². The summed E-state index contributed by atoms with van der Waals surface area (Å²) >= 11 is 0. The Morgan fingerprint density at radius 2 is 1.95 bits per heavy atom. The lowest BCUT2D eigenvalue weighted by Crippen LogP contribution is -2.40. The van der Waals surface area contributed by atoms with Gasteiger partial charge in [0.05, 0.1) is 0 Å². The Labute approximate surface area is 118 Å². The van der Waals surface area contributed by atoms with E-state index < -0.39 is 0 Å². The van der Waals surface area contributed by atoms with Gasteiger partial charge in [-0.1, -0.05) is 43.2 Å². The van der Waals surface area contributed by atoms with Gasteiger partial charge in [0.1, 0.15) is 0 Å². The van der Waals surface area contributed by atoms with Crippen molar-refractivity contribution in [2.75, 3.05) is 13.6 Å². The summed E-state index contributed by atoms with van der Waals surface area (Å²) in [5.41, 5.74) is 2.76. The Hall–Kier alpha value is -0.860. The highest BCUT2D eigenvalue weighted by Crippen LogP contribution is 2.19. The fraction of sp³-hybridized carbons (Fsp3) is 0.647. The lowest BCUT2D eigenvalue weighted by Gasteiger charge is -2.28. The highest BCUT2D eigenvalue weighted by molar-refractivity contribution is 5.21. The molecule has 0 radical (unpaired) electrons. The van der Waals surface area contributed by atoms with Crippen LogP contribution in [0.1, 0.15) is 43.7 Å². The van der Waals surface area contributed by atoms with Crippen molar-refractivity contribution in [3.05, 3.63) is 35.4 Å². The van der Waals surface area contributed by atoms with E-state index in [2.05, 4.69) is 55.4 Å². The number of rotatable bonds is 8. The first-order valence-electron chi connectivity index (χ1n) is 7.68. The Bertz CT molecular complexity index is 367. The molecule has 1 fully saturated rings. The molecule has 1 atom stereocenters. The third-order valence-corrected chi connectivity index (χ3v) is 4.02. The molecule has 1 aliphatic carbocycles. The van der Waals surface area contributed by atoms with Crippen LogP contribution in [0.4, 0.5) is 0 Å². The summed E-state index contributed by atoms with van der Waals surface area (Å²) in [5.74, 6) is 0. The van der Waals surface area contributed by atoms with Crippen LogP contribution < -0.4 is 5.32 Å². The first kappa shape index (κ1) is 14.5. The van der Waals surface area contributed by atoms with E-state index in [9.17, 15) is 0 Å². The minimum Gasteiger partial charge on any atom is -0.312 e. The maximum atomic E-state index is 3.68. The van der Waals surface area contributed by atoms with Crippen LogP contribution in [0.25, 0.3) is 0 Å². The molecule has 106 valence electrons. The van der Waals surface area contributed by atoms with E-state index in [0.717, 1.165) is 19.1 Å². The van der Waals surface area contributed by atoms with Gasteiger partial charge in [0.25, 0.3) is 0 Å². The van der Waals surface area contributed by atoms with Crippen LogP contribution >= 0.6 is 0 Å². The zero-order valence-electron chi connectivity index (χ0n) is 12.7. The molecule has 2 heteroatoms. The van der Waals surface area contributed by atoms with Gasteiger partial charge in [0.2, 0.25) is 0 Å². The van der Waals surface area contributed by atoms with Crippen molar-refractivity contribution in [3.63, 3.8) is 0 Å². The Morgan fingerprint density at radius 3 is 2.53 bits per heavy atom. The van der Waals surface area contributed by atoms with Crippen LogP contribution in [-0.4, -0.2) is 30.6 Å². The van der Waals surface area contributed by atoms with Gasteiger partial charge in [-0.3, -0.25) is 4.90 Å². The molecule has 0 aliphatic heterocycles. The normalized spacial score (nSPS) is 16.8. The van der Waals surface area contributed by atoms with E-state index >= 15 is 0 Å². The monoisotopic (exact) mass is 260 g/mol. The van der Waals surface area contributed by atoms with Gasteiger partial charge in [-0.25, -0.2) is 0 Å². The summed E-state index contributed by atoms with van der Waals surface area (Å²) in [5, 5.41) is 3.68. The van der Waals surface area contributed by atoms with Crippen LogP contribution in [0.5, 0.6) is 0 Å². The topological polar surface area (TPSA) is 15.3 Å². The van der Waals surface area contributed by atoms with Gasteiger partial charge in [-0.05, 0) is 38.8 Å². The average Bonchev–Trinajstić information content (AvgIpc) is 3.21. The summed E-state index contributed by atoms with van der Waals surface area (Å²) in [6.07, 6.45) is 5.29. The van der Waals surface area contributed by atoms with Crippen molar-refractivity contribution < 1.29 is 0 Å². The predicted molar refractivity (Wildman–Crippen MR) is 82.4 cm³/mol. The number of hydrogen-bond acceptors (Lipinski definition) is 2. The third-order valence-electron chi connectivity index (χ3n) is 4.02. The lowest BCUT2D eigenvalue weighted by atomic mass is 10.1. The van der Waals surface area contributed by atoms with Crippen molar-refractivity contribution in [1.82, 2.24) is 10.2 Å². The van der Waals surface area contributed by atoms with Crippen LogP contribution in [0.15, 0.2) is 24.3 Å². The summed E-state index contributed by atoms with van der Waals surface area (Å²) in [7, 11) is 2.26. The summed E-state index contributed by atoms with van der Waals surface area (Å²) in [6.45, 7) is 6.62. The molecule has 0 heterocycles. The highest BCUT2D eigenvalue weighted by atomic mass is 15.2. The molecule has 1 aromatic rings. The number of benzene rings is 1. The van der Waals surface area contributed by atoms with Gasteiger partial charge >= 0.3 is 0 Å². The van der Waals surface area contributed by atoms with Crippen molar-refractivity contribution in [2.45, 2.75) is 58.2 Å². The first-order chi connectivity index (χ1) is 9.19. The van der Waals surface area contributed by atoms with Crippen molar-refractivity contribution >= 4 is 0 Å². The maximum Gasteiger partial charge on any atom is 0.0234 e. The maximum absolute atomic E-state index is 3.68. The molecule has 0 saturated heterocycles. The Morgan fingerprint density at radius 1 is 1.26 bits per heavy atom.